The minimum Gasteiger partial charge on any atom is -0.368 e. The molecular weight excluding hydrogens is 410 g/mol. The van der Waals surface area contributed by atoms with Gasteiger partial charge in [-0.2, -0.15) is 0 Å². The number of amides is 3. The Kier molecular flexibility index (Phi) is 7.55. The lowest BCUT2D eigenvalue weighted by Gasteiger charge is -2.22. The lowest BCUT2D eigenvalue weighted by Crippen LogP contribution is -2.54. The number of benzene rings is 2. The van der Waals surface area contributed by atoms with Crippen LogP contribution in [0.3, 0.4) is 0 Å². The van der Waals surface area contributed by atoms with Gasteiger partial charge in [0.15, 0.2) is 0 Å². The van der Waals surface area contributed by atoms with Crippen LogP contribution in [-0.4, -0.2) is 29.8 Å². The summed E-state index contributed by atoms with van der Waals surface area (Å²) in [5.74, 6) is -1.42. The summed E-state index contributed by atoms with van der Waals surface area (Å²) in [5, 5.41) is 5.30. The molecule has 27 heavy (non-hydrogen) atoms. The van der Waals surface area contributed by atoms with Crippen LogP contribution in [0.5, 0.6) is 0 Å². The molecule has 0 radical (unpaired) electrons. The zero-order valence-electron chi connectivity index (χ0n) is 14.9. The van der Waals surface area contributed by atoms with Crippen molar-refractivity contribution in [3.05, 3.63) is 70.2 Å². The first kappa shape index (κ1) is 20.6. The van der Waals surface area contributed by atoms with E-state index < -0.39 is 23.9 Å². The van der Waals surface area contributed by atoms with Crippen molar-refractivity contribution in [2.75, 3.05) is 0 Å². The fourth-order valence-electron chi connectivity index (χ4n) is 2.68. The quantitative estimate of drug-likeness (QED) is 0.592. The maximum Gasteiger partial charge on any atom is 0.243 e. The van der Waals surface area contributed by atoms with Gasteiger partial charge in [-0.3, -0.25) is 14.4 Å². The number of nitrogens with one attached hydrogen (secondary N) is 2. The number of nitrogens with two attached hydrogens (primary N) is 1. The fourth-order valence-corrected chi connectivity index (χ4v) is 3.13. The van der Waals surface area contributed by atoms with Crippen molar-refractivity contribution >= 4 is 33.7 Å². The van der Waals surface area contributed by atoms with Gasteiger partial charge in [0.25, 0.3) is 0 Å². The van der Waals surface area contributed by atoms with Crippen LogP contribution < -0.4 is 16.4 Å². The van der Waals surface area contributed by atoms with Crippen LogP contribution >= 0.6 is 15.9 Å². The minimum absolute atomic E-state index is 0.251. The molecule has 6 nitrogen and oxygen atoms in total. The van der Waals surface area contributed by atoms with Gasteiger partial charge in [-0.15, -0.1) is 0 Å². The summed E-state index contributed by atoms with van der Waals surface area (Å²) in [5.41, 5.74) is 7.22. The van der Waals surface area contributed by atoms with Crippen LogP contribution in [0.15, 0.2) is 59.1 Å². The number of carbonyl (C=O) groups is 3. The highest BCUT2D eigenvalue weighted by Crippen LogP contribution is 2.17. The molecule has 0 bridgehead atoms. The summed E-state index contributed by atoms with van der Waals surface area (Å²) in [4.78, 5) is 36.1. The third-order valence-electron chi connectivity index (χ3n) is 4.02. The van der Waals surface area contributed by atoms with E-state index in [4.69, 9.17) is 5.73 Å². The second kappa shape index (κ2) is 9.87. The first-order chi connectivity index (χ1) is 12.9. The second-order valence-corrected chi connectivity index (χ2v) is 7.06. The number of rotatable bonds is 8. The minimum atomic E-state index is -0.886. The molecule has 2 rings (SSSR count). The molecule has 0 saturated heterocycles. The Morgan fingerprint density at radius 1 is 0.926 bits per heavy atom. The zero-order valence-corrected chi connectivity index (χ0v) is 16.5. The Bertz CT molecular complexity index is 811. The van der Waals surface area contributed by atoms with E-state index >= 15 is 0 Å². The van der Waals surface area contributed by atoms with Crippen LogP contribution in [0, 0.1) is 0 Å². The van der Waals surface area contributed by atoms with Gasteiger partial charge in [0, 0.05) is 24.2 Å². The molecule has 142 valence electrons. The second-order valence-electron chi connectivity index (χ2n) is 6.20. The predicted molar refractivity (Wildman–Crippen MR) is 107 cm³/mol. The van der Waals surface area contributed by atoms with Gasteiger partial charge in [-0.1, -0.05) is 64.5 Å². The first-order valence-corrected chi connectivity index (χ1v) is 9.30. The molecule has 2 aromatic carbocycles. The van der Waals surface area contributed by atoms with Crippen molar-refractivity contribution < 1.29 is 14.4 Å². The number of carbonyl (C=O) groups excluding carboxylic acids is 3. The lowest BCUT2D eigenvalue weighted by molar-refractivity contribution is -0.130. The average Bonchev–Trinajstić information content (AvgIpc) is 2.62. The van der Waals surface area contributed by atoms with E-state index in [0.29, 0.717) is 6.42 Å². The standard InChI is InChI=1S/C20H22BrN3O3/c1-13(25)23-18(11-14-7-3-2-4-8-14)20(27)24-17(19(22)26)12-15-9-5-6-10-16(15)21/h2-10,17-18H,11-12H2,1H3,(H2,22,26)(H,23,25)(H,24,27)/t17-,18-/m1/s1. The Labute approximate surface area is 166 Å². The summed E-state index contributed by atoms with van der Waals surface area (Å²) >= 11 is 3.42. The van der Waals surface area contributed by atoms with E-state index in [-0.39, 0.29) is 12.3 Å². The fraction of sp³-hybridized carbons (Fsp3) is 0.250. The monoisotopic (exact) mass is 431 g/mol. The van der Waals surface area contributed by atoms with Gasteiger partial charge in [0.05, 0.1) is 0 Å². The van der Waals surface area contributed by atoms with Crippen LogP contribution in [0.4, 0.5) is 0 Å². The molecule has 4 N–H and O–H groups in total. The Morgan fingerprint density at radius 2 is 1.56 bits per heavy atom. The van der Waals surface area contributed by atoms with Gasteiger partial charge >= 0.3 is 0 Å². The van der Waals surface area contributed by atoms with Crippen molar-refractivity contribution in [3.63, 3.8) is 0 Å². The molecule has 0 aliphatic carbocycles. The average molecular weight is 432 g/mol. The molecule has 3 amide bonds. The van der Waals surface area contributed by atoms with Gasteiger partial charge in [0.2, 0.25) is 17.7 Å². The van der Waals surface area contributed by atoms with E-state index in [1.165, 1.54) is 6.92 Å². The maximum atomic E-state index is 12.7. The molecule has 0 spiro atoms. The normalized spacial score (nSPS) is 12.7. The van der Waals surface area contributed by atoms with Crippen molar-refractivity contribution in [2.45, 2.75) is 31.8 Å². The Balaban J connectivity index is 2.13. The topological polar surface area (TPSA) is 101 Å². The molecule has 7 heteroatoms. The molecule has 0 aliphatic heterocycles. The molecule has 2 atom stereocenters. The van der Waals surface area contributed by atoms with Gasteiger partial charge in [0.1, 0.15) is 12.1 Å². The summed E-state index contributed by atoms with van der Waals surface area (Å²) in [6.45, 7) is 1.35. The van der Waals surface area contributed by atoms with Crippen LogP contribution in [0.2, 0.25) is 0 Å². The Hall–Kier alpha value is -2.67. The number of hydrogen-bond donors (Lipinski definition) is 3. The molecule has 0 saturated carbocycles. The van der Waals surface area contributed by atoms with Crippen LogP contribution in [-0.2, 0) is 27.2 Å². The zero-order chi connectivity index (χ0) is 19.8. The van der Waals surface area contributed by atoms with Crippen molar-refractivity contribution in [3.8, 4) is 0 Å². The van der Waals surface area contributed by atoms with Crippen LogP contribution in [0.1, 0.15) is 18.1 Å². The van der Waals surface area contributed by atoms with Crippen molar-refractivity contribution in [2.24, 2.45) is 5.73 Å². The molecule has 0 fully saturated rings. The van der Waals surface area contributed by atoms with Gasteiger partial charge in [-0.05, 0) is 17.2 Å². The van der Waals surface area contributed by atoms with Crippen molar-refractivity contribution in [1.29, 1.82) is 0 Å². The third kappa shape index (κ3) is 6.53. The largest absolute Gasteiger partial charge is 0.368 e. The molecule has 2 aromatic rings. The maximum absolute atomic E-state index is 12.7. The summed E-state index contributed by atoms with van der Waals surface area (Å²) in [7, 11) is 0. The summed E-state index contributed by atoms with van der Waals surface area (Å²) < 4.78 is 0.827. The first-order valence-electron chi connectivity index (χ1n) is 8.51. The smallest absolute Gasteiger partial charge is 0.243 e. The van der Waals surface area contributed by atoms with E-state index in [0.717, 1.165) is 15.6 Å². The number of primary amides is 1. The lowest BCUT2D eigenvalue weighted by atomic mass is 10.0. The van der Waals surface area contributed by atoms with E-state index in [1.807, 2.05) is 54.6 Å². The number of hydrogen-bond acceptors (Lipinski definition) is 3. The third-order valence-corrected chi connectivity index (χ3v) is 4.79. The van der Waals surface area contributed by atoms with E-state index in [2.05, 4.69) is 26.6 Å². The molecule has 0 aliphatic rings. The molecular formula is C20H22BrN3O3. The molecule has 0 aromatic heterocycles. The van der Waals surface area contributed by atoms with E-state index in [1.54, 1.807) is 0 Å². The Morgan fingerprint density at radius 3 is 2.15 bits per heavy atom. The SMILES string of the molecule is CC(=O)N[C@H](Cc1ccccc1)C(=O)N[C@H](Cc1ccccc1Br)C(N)=O. The highest BCUT2D eigenvalue weighted by atomic mass is 79.9. The molecule has 0 heterocycles. The van der Waals surface area contributed by atoms with Crippen LogP contribution in [0.25, 0.3) is 0 Å². The van der Waals surface area contributed by atoms with Gasteiger partial charge < -0.3 is 16.4 Å². The summed E-state index contributed by atoms with van der Waals surface area (Å²) in [6, 6.07) is 15.0. The number of halogens is 1. The predicted octanol–water partition coefficient (Wildman–Crippen LogP) is 1.71. The highest BCUT2D eigenvalue weighted by Gasteiger charge is 2.25. The van der Waals surface area contributed by atoms with E-state index in [9.17, 15) is 14.4 Å². The van der Waals surface area contributed by atoms with Crippen molar-refractivity contribution in [1.82, 2.24) is 10.6 Å². The summed E-state index contributed by atoms with van der Waals surface area (Å²) in [6.07, 6.45) is 0.563. The van der Waals surface area contributed by atoms with Gasteiger partial charge in [-0.25, -0.2) is 0 Å². The molecule has 0 unspecified atom stereocenters. The highest BCUT2D eigenvalue weighted by molar-refractivity contribution is 9.10.